The quantitative estimate of drug-likeness (QED) is 0.803. The molecule has 2 rings (SSSR count). The van der Waals surface area contributed by atoms with Crippen LogP contribution < -0.4 is 4.74 Å². The van der Waals surface area contributed by atoms with Crippen molar-refractivity contribution in [2.45, 2.75) is 39.7 Å². The summed E-state index contributed by atoms with van der Waals surface area (Å²) in [4.78, 5) is 3.28. The summed E-state index contributed by atoms with van der Waals surface area (Å²) in [7, 11) is 1.68. The fourth-order valence-corrected chi connectivity index (χ4v) is 3.20. The molecule has 0 amide bonds. The summed E-state index contributed by atoms with van der Waals surface area (Å²) in [5.74, 6) is 1.50. The standard InChI is InChI=1S/C15H22N2OS/c1-5-11(6-2)10(3)17-14-8-7-12(18-4)9-13(14)16-15(17)19/h7-11H,5-6H2,1-4H3,(H,16,19). The van der Waals surface area contributed by atoms with Gasteiger partial charge in [0.2, 0.25) is 0 Å². The SMILES string of the molecule is CCC(CC)C(C)n1c(=S)[nH]c2cc(OC)ccc21. The van der Waals surface area contributed by atoms with Crippen molar-refractivity contribution in [3.8, 4) is 5.75 Å². The van der Waals surface area contributed by atoms with E-state index in [4.69, 9.17) is 17.0 Å². The average molecular weight is 278 g/mol. The van der Waals surface area contributed by atoms with E-state index in [1.165, 1.54) is 12.8 Å². The van der Waals surface area contributed by atoms with Gasteiger partial charge in [-0.15, -0.1) is 0 Å². The van der Waals surface area contributed by atoms with Crippen molar-refractivity contribution in [3.05, 3.63) is 23.0 Å². The van der Waals surface area contributed by atoms with Gasteiger partial charge in [-0.1, -0.05) is 26.7 Å². The summed E-state index contributed by atoms with van der Waals surface area (Å²) < 4.78 is 8.29. The molecule has 1 aromatic carbocycles. The van der Waals surface area contributed by atoms with Crippen LogP contribution in [0, 0.1) is 10.7 Å². The van der Waals surface area contributed by atoms with Crippen LogP contribution in [0.2, 0.25) is 0 Å². The number of nitrogens with one attached hydrogen (secondary N) is 1. The van der Waals surface area contributed by atoms with Crippen molar-refractivity contribution in [1.29, 1.82) is 0 Å². The van der Waals surface area contributed by atoms with Crippen LogP contribution in [0.15, 0.2) is 18.2 Å². The number of aromatic amines is 1. The Morgan fingerprint density at radius 2 is 2.00 bits per heavy atom. The Hall–Kier alpha value is -1.29. The van der Waals surface area contributed by atoms with Crippen LogP contribution in [0.5, 0.6) is 5.75 Å². The third kappa shape index (κ3) is 2.54. The molecule has 0 fully saturated rings. The molecule has 1 unspecified atom stereocenters. The van der Waals surface area contributed by atoms with Crippen molar-refractivity contribution in [2.24, 2.45) is 5.92 Å². The molecule has 0 radical (unpaired) electrons. The van der Waals surface area contributed by atoms with Gasteiger partial charge in [0.25, 0.3) is 0 Å². The zero-order valence-electron chi connectivity index (χ0n) is 12.1. The Kier molecular flexibility index (Phi) is 4.30. The lowest BCUT2D eigenvalue weighted by molar-refractivity contribution is 0.337. The smallest absolute Gasteiger partial charge is 0.178 e. The van der Waals surface area contributed by atoms with E-state index in [1.54, 1.807) is 7.11 Å². The number of nitrogens with zero attached hydrogens (tertiary/aromatic N) is 1. The number of fused-ring (bicyclic) bond motifs is 1. The summed E-state index contributed by atoms with van der Waals surface area (Å²) in [5, 5.41) is 0. The number of benzene rings is 1. The normalized spacial score (nSPS) is 13.1. The van der Waals surface area contributed by atoms with E-state index in [0.29, 0.717) is 12.0 Å². The maximum Gasteiger partial charge on any atom is 0.178 e. The molecule has 1 atom stereocenters. The topological polar surface area (TPSA) is 29.9 Å². The third-order valence-electron chi connectivity index (χ3n) is 4.06. The largest absolute Gasteiger partial charge is 0.497 e. The first-order valence-electron chi connectivity index (χ1n) is 6.90. The Morgan fingerprint density at radius 3 is 2.58 bits per heavy atom. The lowest BCUT2D eigenvalue weighted by Crippen LogP contribution is -2.15. The first-order valence-corrected chi connectivity index (χ1v) is 7.31. The molecular weight excluding hydrogens is 256 g/mol. The molecule has 0 spiro atoms. The molecule has 0 saturated heterocycles. The predicted molar refractivity (Wildman–Crippen MR) is 82.5 cm³/mol. The second-order valence-corrected chi connectivity index (χ2v) is 5.39. The van der Waals surface area contributed by atoms with Crippen molar-refractivity contribution in [3.63, 3.8) is 0 Å². The number of imidazole rings is 1. The predicted octanol–water partition coefficient (Wildman–Crippen LogP) is 4.70. The fraction of sp³-hybridized carbons (Fsp3) is 0.533. The second-order valence-electron chi connectivity index (χ2n) is 5.00. The number of aromatic nitrogens is 2. The van der Waals surface area contributed by atoms with Gasteiger partial charge in [-0.3, -0.25) is 0 Å². The zero-order chi connectivity index (χ0) is 14.0. The molecule has 2 aromatic rings. The number of ether oxygens (including phenoxy) is 1. The Morgan fingerprint density at radius 1 is 1.32 bits per heavy atom. The maximum atomic E-state index is 5.49. The molecule has 0 aliphatic carbocycles. The zero-order valence-corrected chi connectivity index (χ0v) is 12.9. The first-order chi connectivity index (χ1) is 9.12. The van der Waals surface area contributed by atoms with Gasteiger partial charge in [-0.25, -0.2) is 0 Å². The van der Waals surface area contributed by atoms with E-state index < -0.39 is 0 Å². The van der Waals surface area contributed by atoms with Gasteiger partial charge in [-0.05, 0) is 37.2 Å². The summed E-state index contributed by atoms with van der Waals surface area (Å²) in [6.45, 7) is 6.74. The number of hydrogen-bond acceptors (Lipinski definition) is 2. The van der Waals surface area contributed by atoms with Crippen LogP contribution in [-0.2, 0) is 0 Å². The summed E-state index contributed by atoms with van der Waals surface area (Å²) in [6, 6.07) is 6.48. The maximum absolute atomic E-state index is 5.49. The van der Waals surface area contributed by atoms with Crippen LogP contribution in [-0.4, -0.2) is 16.7 Å². The molecule has 0 aliphatic rings. The van der Waals surface area contributed by atoms with Gasteiger partial charge in [-0.2, -0.15) is 0 Å². The first kappa shape index (κ1) is 14.1. The summed E-state index contributed by atoms with van der Waals surface area (Å²) >= 11 is 5.49. The lowest BCUT2D eigenvalue weighted by Gasteiger charge is -2.23. The second kappa shape index (κ2) is 5.78. The average Bonchev–Trinajstić information content (AvgIpc) is 2.74. The number of rotatable bonds is 5. The molecule has 4 heteroatoms. The monoisotopic (exact) mass is 278 g/mol. The van der Waals surface area contributed by atoms with Crippen LogP contribution in [0.4, 0.5) is 0 Å². The molecule has 1 heterocycles. The Balaban J connectivity index is 2.54. The van der Waals surface area contributed by atoms with E-state index in [-0.39, 0.29) is 0 Å². The number of H-pyrrole nitrogens is 1. The fourth-order valence-electron chi connectivity index (χ4n) is 2.82. The van der Waals surface area contributed by atoms with Gasteiger partial charge >= 0.3 is 0 Å². The molecule has 0 aliphatic heterocycles. The van der Waals surface area contributed by atoms with Crippen molar-refractivity contribution >= 4 is 23.3 Å². The Bertz CT molecular complexity index is 610. The molecule has 0 bridgehead atoms. The van der Waals surface area contributed by atoms with Gasteiger partial charge in [0.15, 0.2) is 4.77 Å². The molecule has 1 aromatic heterocycles. The van der Waals surface area contributed by atoms with E-state index in [0.717, 1.165) is 21.6 Å². The third-order valence-corrected chi connectivity index (χ3v) is 4.36. The van der Waals surface area contributed by atoms with Crippen molar-refractivity contribution < 1.29 is 4.74 Å². The highest BCUT2D eigenvalue weighted by atomic mass is 32.1. The minimum atomic E-state index is 0.407. The van der Waals surface area contributed by atoms with Crippen molar-refractivity contribution in [1.82, 2.24) is 9.55 Å². The van der Waals surface area contributed by atoms with E-state index in [9.17, 15) is 0 Å². The van der Waals surface area contributed by atoms with Crippen LogP contribution in [0.25, 0.3) is 11.0 Å². The Labute approximate surface area is 119 Å². The number of methoxy groups -OCH3 is 1. The van der Waals surface area contributed by atoms with Gasteiger partial charge in [0.1, 0.15) is 5.75 Å². The van der Waals surface area contributed by atoms with Gasteiger partial charge < -0.3 is 14.3 Å². The van der Waals surface area contributed by atoms with Gasteiger partial charge in [0.05, 0.1) is 18.1 Å². The lowest BCUT2D eigenvalue weighted by atomic mass is 9.95. The van der Waals surface area contributed by atoms with E-state index in [2.05, 4.69) is 36.4 Å². The van der Waals surface area contributed by atoms with Crippen LogP contribution >= 0.6 is 12.2 Å². The minimum Gasteiger partial charge on any atom is -0.497 e. The van der Waals surface area contributed by atoms with Gasteiger partial charge in [0, 0.05) is 12.1 Å². The minimum absolute atomic E-state index is 0.407. The molecule has 19 heavy (non-hydrogen) atoms. The molecule has 104 valence electrons. The molecule has 0 saturated carbocycles. The molecule has 3 nitrogen and oxygen atoms in total. The van der Waals surface area contributed by atoms with Crippen molar-refractivity contribution in [2.75, 3.05) is 7.11 Å². The summed E-state index contributed by atoms with van der Waals surface area (Å²) in [5.41, 5.74) is 2.20. The highest BCUT2D eigenvalue weighted by molar-refractivity contribution is 7.71. The number of hydrogen-bond donors (Lipinski definition) is 1. The van der Waals surface area contributed by atoms with Crippen LogP contribution in [0.1, 0.15) is 39.7 Å². The molecule has 1 N–H and O–H groups in total. The highest BCUT2D eigenvalue weighted by Crippen LogP contribution is 2.29. The van der Waals surface area contributed by atoms with Crippen LogP contribution in [0.3, 0.4) is 0 Å². The highest BCUT2D eigenvalue weighted by Gasteiger charge is 2.18. The van der Waals surface area contributed by atoms with E-state index in [1.807, 2.05) is 12.1 Å². The molecular formula is C15H22N2OS. The van der Waals surface area contributed by atoms with E-state index >= 15 is 0 Å². The summed E-state index contributed by atoms with van der Waals surface area (Å²) in [6.07, 6.45) is 2.34.